The molecule has 3 heteroatoms. The number of nitrogens with two attached hydrogens (primary N) is 1. The lowest BCUT2D eigenvalue weighted by molar-refractivity contribution is 0.0312. The zero-order chi connectivity index (χ0) is 13.8. The molecule has 1 aromatic carbocycles. The normalized spacial score (nSPS) is 25.7. The van der Waals surface area contributed by atoms with Crippen LogP contribution in [0.4, 0.5) is 0 Å². The van der Waals surface area contributed by atoms with E-state index in [9.17, 15) is 5.11 Å². The quantitative estimate of drug-likeness (QED) is 0.824. The maximum absolute atomic E-state index is 10.2. The SMILES string of the molecule is Cc1ccc([C@H](C)N)c(OC2CCCCCC2O)c1. The third-order valence-corrected chi connectivity index (χ3v) is 3.86. The van der Waals surface area contributed by atoms with Crippen LogP contribution < -0.4 is 10.5 Å². The number of aliphatic hydroxyl groups excluding tert-OH is 1. The molecular weight excluding hydrogens is 238 g/mol. The molecule has 0 amide bonds. The average Bonchev–Trinajstić information content (AvgIpc) is 2.55. The second-order valence-corrected chi connectivity index (χ2v) is 5.69. The van der Waals surface area contributed by atoms with E-state index in [0.29, 0.717) is 0 Å². The van der Waals surface area contributed by atoms with Crippen LogP contribution in [0.3, 0.4) is 0 Å². The van der Waals surface area contributed by atoms with Crippen molar-refractivity contribution in [3.05, 3.63) is 29.3 Å². The van der Waals surface area contributed by atoms with Gasteiger partial charge in [-0.2, -0.15) is 0 Å². The van der Waals surface area contributed by atoms with Crippen molar-refractivity contribution >= 4 is 0 Å². The first-order valence-corrected chi connectivity index (χ1v) is 7.29. The fourth-order valence-corrected chi connectivity index (χ4v) is 2.67. The maximum atomic E-state index is 10.2. The number of hydrogen-bond donors (Lipinski definition) is 2. The highest BCUT2D eigenvalue weighted by molar-refractivity contribution is 5.39. The summed E-state index contributed by atoms with van der Waals surface area (Å²) in [6, 6.07) is 6.04. The van der Waals surface area contributed by atoms with Crippen LogP contribution in [0.5, 0.6) is 5.75 Å². The molecule has 0 saturated heterocycles. The summed E-state index contributed by atoms with van der Waals surface area (Å²) in [6.07, 6.45) is 4.71. The van der Waals surface area contributed by atoms with Crippen LogP contribution in [0.25, 0.3) is 0 Å². The van der Waals surface area contributed by atoms with Crippen molar-refractivity contribution in [1.82, 2.24) is 0 Å². The Morgan fingerprint density at radius 2 is 2.00 bits per heavy atom. The van der Waals surface area contributed by atoms with Crippen molar-refractivity contribution in [2.24, 2.45) is 5.73 Å². The van der Waals surface area contributed by atoms with Crippen molar-refractivity contribution in [1.29, 1.82) is 0 Å². The highest BCUT2D eigenvalue weighted by Gasteiger charge is 2.24. The number of rotatable bonds is 3. The summed E-state index contributed by atoms with van der Waals surface area (Å²) >= 11 is 0. The number of aliphatic hydroxyl groups is 1. The first-order chi connectivity index (χ1) is 9.08. The van der Waals surface area contributed by atoms with Gasteiger partial charge in [-0.1, -0.05) is 25.0 Å². The first kappa shape index (κ1) is 14.4. The van der Waals surface area contributed by atoms with Crippen molar-refractivity contribution < 1.29 is 9.84 Å². The van der Waals surface area contributed by atoms with E-state index in [1.165, 1.54) is 6.42 Å². The molecule has 0 spiro atoms. The molecule has 0 aliphatic heterocycles. The fraction of sp³-hybridized carbons (Fsp3) is 0.625. The van der Waals surface area contributed by atoms with Gasteiger partial charge in [-0.05, 0) is 44.7 Å². The standard InChI is InChI=1S/C16H25NO2/c1-11-8-9-13(12(2)17)16(10-11)19-15-7-5-3-4-6-14(15)18/h8-10,12,14-15,18H,3-7,17H2,1-2H3/t12-,14?,15?/m0/s1. The Labute approximate surface area is 115 Å². The van der Waals surface area contributed by atoms with Crippen LogP contribution in [0.15, 0.2) is 18.2 Å². The molecule has 1 aromatic rings. The maximum Gasteiger partial charge on any atom is 0.124 e. The molecular formula is C16H25NO2. The number of aryl methyl sites for hydroxylation is 1. The predicted molar refractivity (Wildman–Crippen MR) is 77.3 cm³/mol. The lowest BCUT2D eigenvalue weighted by Crippen LogP contribution is -2.31. The highest BCUT2D eigenvalue weighted by Crippen LogP contribution is 2.29. The zero-order valence-corrected chi connectivity index (χ0v) is 11.9. The monoisotopic (exact) mass is 263 g/mol. The number of ether oxygens (including phenoxy) is 1. The third-order valence-electron chi connectivity index (χ3n) is 3.86. The lowest BCUT2D eigenvalue weighted by atomic mass is 10.0. The third kappa shape index (κ3) is 3.71. The van der Waals surface area contributed by atoms with E-state index in [4.69, 9.17) is 10.5 Å². The summed E-state index contributed by atoms with van der Waals surface area (Å²) in [5, 5.41) is 10.2. The van der Waals surface area contributed by atoms with Crippen LogP contribution >= 0.6 is 0 Å². The van der Waals surface area contributed by atoms with Gasteiger partial charge in [-0.3, -0.25) is 0 Å². The second-order valence-electron chi connectivity index (χ2n) is 5.69. The minimum absolute atomic E-state index is 0.0569. The van der Waals surface area contributed by atoms with E-state index in [-0.39, 0.29) is 18.2 Å². The van der Waals surface area contributed by atoms with Gasteiger partial charge in [0.1, 0.15) is 11.9 Å². The van der Waals surface area contributed by atoms with Crippen LogP contribution in [-0.4, -0.2) is 17.3 Å². The number of benzene rings is 1. The van der Waals surface area contributed by atoms with E-state index in [1.54, 1.807) is 0 Å². The van der Waals surface area contributed by atoms with Crippen LogP contribution in [0.2, 0.25) is 0 Å². The first-order valence-electron chi connectivity index (χ1n) is 7.29. The molecule has 0 heterocycles. The molecule has 2 rings (SSSR count). The predicted octanol–water partition coefficient (Wildman–Crippen LogP) is 3.09. The fourth-order valence-electron chi connectivity index (χ4n) is 2.67. The lowest BCUT2D eigenvalue weighted by Gasteiger charge is -2.24. The Hall–Kier alpha value is -1.06. The minimum Gasteiger partial charge on any atom is -0.487 e. The van der Waals surface area contributed by atoms with Gasteiger partial charge in [0.05, 0.1) is 6.10 Å². The molecule has 3 atom stereocenters. The van der Waals surface area contributed by atoms with Gasteiger partial charge in [0.15, 0.2) is 0 Å². The van der Waals surface area contributed by atoms with Crippen molar-refractivity contribution in [3.63, 3.8) is 0 Å². The highest BCUT2D eigenvalue weighted by atomic mass is 16.5. The molecule has 3 nitrogen and oxygen atoms in total. The van der Waals surface area contributed by atoms with E-state index in [1.807, 2.05) is 26.0 Å². The Bertz CT molecular complexity index is 417. The Balaban J connectivity index is 2.18. The van der Waals surface area contributed by atoms with Crippen molar-refractivity contribution in [2.75, 3.05) is 0 Å². The van der Waals surface area contributed by atoms with Gasteiger partial charge in [0.25, 0.3) is 0 Å². The topological polar surface area (TPSA) is 55.5 Å². The molecule has 1 saturated carbocycles. The summed E-state index contributed by atoms with van der Waals surface area (Å²) in [6.45, 7) is 4.00. The average molecular weight is 263 g/mol. The summed E-state index contributed by atoms with van der Waals surface area (Å²) in [7, 11) is 0. The van der Waals surface area contributed by atoms with E-state index >= 15 is 0 Å². The van der Waals surface area contributed by atoms with E-state index < -0.39 is 0 Å². The van der Waals surface area contributed by atoms with Gasteiger partial charge in [-0.15, -0.1) is 0 Å². The number of hydrogen-bond acceptors (Lipinski definition) is 3. The van der Waals surface area contributed by atoms with E-state index in [0.717, 1.165) is 42.6 Å². The molecule has 19 heavy (non-hydrogen) atoms. The molecule has 0 aromatic heterocycles. The smallest absolute Gasteiger partial charge is 0.124 e. The van der Waals surface area contributed by atoms with Crippen LogP contribution in [0, 0.1) is 6.92 Å². The van der Waals surface area contributed by atoms with Crippen LogP contribution in [0.1, 0.15) is 56.2 Å². The summed E-state index contributed by atoms with van der Waals surface area (Å²) in [4.78, 5) is 0. The second kappa shape index (κ2) is 6.40. The van der Waals surface area contributed by atoms with E-state index in [2.05, 4.69) is 6.07 Å². The minimum atomic E-state index is -0.357. The summed E-state index contributed by atoms with van der Waals surface area (Å²) < 4.78 is 6.09. The Morgan fingerprint density at radius 1 is 1.26 bits per heavy atom. The molecule has 2 unspecified atom stereocenters. The summed E-state index contributed by atoms with van der Waals surface area (Å²) in [5.41, 5.74) is 8.16. The van der Waals surface area contributed by atoms with Crippen molar-refractivity contribution in [2.45, 2.75) is 64.2 Å². The molecule has 1 aliphatic rings. The van der Waals surface area contributed by atoms with Gasteiger partial charge < -0.3 is 15.6 Å². The van der Waals surface area contributed by atoms with Crippen molar-refractivity contribution in [3.8, 4) is 5.75 Å². The summed E-state index contributed by atoms with van der Waals surface area (Å²) in [5.74, 6) is 0.834. The molecule has 1 aliphatic carbocycles. The Morgan fingerprint density at radius 3 is 2.74 bits per heavy atom. The molecule has 106 valence electrons. The van der Waals surface area contributed by atoms with Gasteiger partial charge in [0.2, 0.25) is 0 Å². The Kier molecular flexibility index (Phi) is 4.83. The molecule has 0 radical (unpaired) electrons. The van der Waals surface area contributed by atoms with Gasteiger partial charge in [0, 0.05) is 11.6 Å². The zero-order valence-electron chi connectivity index (χ0n) is 11.9. The molecule has 3 N–H and O–H groups in total. The molecule has 1 fully saturated rings. The molecule has 0 bridgehead atoms. The van der Waals surface area contributed by atoms with Crippen LogP contribution in [-0.2, 0) is 0 Å². The van der Waals surface area contributed by atoms with Gasteiger partial charge >= 0.3 is 0 Å². The largest absolute Gasteiger partial charge is 0.487 e. The van der Waals surface area contributed by atoms with Gasteiger partial charge in [-0.25, -0.2) is 0 Å².